The molecule has 1 heterocycles. The van der Waals surface area contributed by atoms with Crippen LogP contribution in [0.1, 0.15) is 5.56 Å². The van der Waals surface area contributed by atoms with Crippen LogP contribution in [-0.2, 0) is 11.3 Å². The van der Waals surface area contributed by atoms with Gasteiger partial charge in [0.1, 0.15) is 0 Å². The van der Waals surface area contributed by atoms with Crippen molar-refractivity contribution in [2.75, 3.05) is 32.7 Å². The normalized spacial score (nSPS) is 17.6. The van der Waals surface area contributed by atoms with Crippen LogP contribution in [0.4, 0.5) is 0 Å². The third-order valence-electron chi connectivity index (χ3n) is 3.25. The van der Waals surface area contributed by atoms with Gasteiger partial charge in [-0.1, -0.05) is 29.3 Å². The number of carbonyl (C=O) groups is 1. The Morgan fingerprint density at radius 1 is 1.16 bits per heavy atom. The van der Waals surface area contributed by atoms with Gasteiger partial charge < -0.3 is 5.73 Å². The highest BCUT2D eigenvalue weighted by atomic mass is 35.5. The Hall–Kier alpha value is -0.810. The number of carbonyl (C=O) groups excluding carboxylic acids is 1. The first-order valence-electron chi connectivity index (χ1n) is 6.21. The number of primary amides is 1. The Morgan fingerprint density at radius 3 is 2.37 bits per heavy atom. The second kappa shape index (κ2) is 6.57. The fourth-order valence-electron chi connectivity index (χ4n) is 2.22. The van der Waals surface area contributed by atoms with Gasteiger partial charge in [0, 0.05) is 42.8 Å². The molecule has 6 heteroatoms. The molecule has 1 saturated heterocycles. The van der Waals surface area contributed by atoms with Crippen molar-refractivity contribution in [1.29, 1.82) is 0 Å². The zero-order chi connectivity index (χ0) is 13.8. The highest BCUT2D eigenvalue weighted by molar-refractivity contribution is 6.35. The van der Waals surface area contributed by atoms with Crippen molar-refractivity contribution in [1.82, 2.24) is 9.80 Å². The summed E-state index contributed by atoms with van der Waals surface area (Å²) >= 11 is 12.0. The SMILES string of the molecule is NC(=O)CN1CCN(Cc2ccc(Cl)cc2Cl)CC1. The average Bonchev–Trinajstić information content (AvgIpc) is 2.34. The van der Waals surface area contributed by atoms with Gasteiger partial charge in [0.15, 0.2) is 0 Å². The molecule has 0 aliphatic carbocycles. The number of halogens is 2. The number of nitrogens with two attached hydrogens (primary N) is 1. The van der Waals surface area contributed by atoms with E-state index in [9.17, 15) is 4.79 Å². The molecule has 0 unspecified atom stereocenters. The number of benzene rings is 1. The summed E-state index contributed by atoms with van der Waals surface area (Å²) in [6.45, 7) is 4.68. The third-order valence-corrected chi connectivity index (χ3v) is 3.84. The van der Waals surface area contributed by atoms with Crippen molar-refractivity contribution in [3.05, 3.63) is 33.8 Å². The van der Waals surface area contributed by atoms with Crippen molar-refractivity contribution in [3.63, 3.8) is 0 Å². The van der Waals surface area contributed by atoms with E-state index in [1.54, 1.807) is 6.07 Å². The number of nitrogens with zero attached hydrogens (tertiary/aromatic N) is 2. The Morgan fingerprint density at radius 2 is 1.79 bits per heavy atom. The summed E-state index contributed by atoms with van der Waals surface area (Å²) in [6.07, 6.45) is 0. The Labute approximate surface area is 123 Å². The maximum Gasteiger partial charge on any atom is 0.231 e. The quantitative estimate of drug-likeness (QED) is 0.919. The Bertz CT molecular complexity index is 459. The van der Waals surface area contributed by atoms with Crippen molar-refractivity contribution in [2.45, 2.75) is 6.54 Å². The van der Waals surface area contributed by atoms with Gasteiger partial charge in [-0.15, -0.1) is 0 Å². The predicted molar refractivity (Wildman–Crippen MR) is 77.4 cm³/mol. The van der Waals surface area contributed by atoms with Crippen LogP contribution in [0, 0.1) is 0 Å². The lowest BCUT2D eigenvalue weighted by molar-refractivity contribution is -0.119. The molecular weight excluding hydrogens is 285 g/mol. The summed E-state index contributed by atoms with van der Waals surface area (Å²) in [4.78, 5) is 15.2. The van der Waals surface area contributed by atoms with E-state index in [-0.39, 0.29) is 5.91 Å². The lowest BCUT2D eigenvalue weighted by atomic mass is 10.2. The third kappa shape index (κ3) is 4.35. The minimum atomic E-state index is -0.269. The van der Waals surface area contributed by atoms with Crippen LogP contribution < -0.4 is 5.73 Å². The van der Waals surface area contributed by atoms with Gasteiger partial charge in [-0.05, 0) is 17.7 Å². The zero-order valence-electron chi connectivity index (χ0n) is 10.6. The minimum absolute atomic E-state index is 0.269. The van der Waals surface area contributed by atoms with Gasteiger partial charge in [-0.25, -0.2) is 0 Å². The first-order valence-corrected chi connectivity index (χ1v) is 6.97. The summed E-state index contributed by atoms with van der Waals surface area (Å²) < 4.78 is 0. The molecule has 1 aliphatic rings. The second-order valence-electron chi connectivity index (χ2n) is 4.75. The standard InChI is InChI=1S/C13H17Cl2N3O/c14-11-2-1-10(12(15)7-11)8-17-3-5-18(6-4-17)9-13(16)19/h1-2,7H,3-6,8-9H2,(H2,16,19). The first kappa shape index (κ1) is 14.6. The molecule has 4 nitrogen and oxygen atoms in total. The van der Waals surface area contributed by atoms with E-state index in [1.807, 2.05) is 12.1 Å². The minimum Gasteiger partial charge on any atom is -0.369 e. The molecule has 1 aromatic rings. The van der Waals surface area contributed by atoms with Crippen LogP contribution in [0.15, 0.2) is 18.2 Å². The molecule has 2 N–H and O–H groups in total. The van der Waals surface area contributed by atoms with Gasteiger partial charge in [0.2, 0.25) is 5.91 Å². The van der Waals surface area contributed by atoms with E-state index in [4.69, 9.17) is 28.9 Å². The smallest absolute Gasteiger partial charge is 0.231 e. The van der Waals surface area contributed by atoms with E-state index < -0.39 is 0 Å². The molecule has 0 spiro atoms. The molecule has 2 rings (SSSR count). The highest BCUT2D eigenvalue weighted by Crippen LogP contribution is 2.22. The van der Waals surface area contributed by atoms with Crippen molar-refractivity contribution >= 4 is 29.1 Å². The maximum atomic E-state index is 10.9. The van der Waals surface area contributed by atoms with Crippen LogP contribution >= 0.6 is 23.2 Å². The lowest BCUT2D eigenvalue weighted by Crippen LogP contribution is -2.48. The second-order valence-corrected chi connectivity index (χ2v) is 5.60. The molecule has 1 amide bonds. The molecule has 0 bridgehead atoms. The molecule has 0 aromatic heterocycles. The van der Waals surface area contributed by atoms with Gasteiger partial charge >= 0.3 is 0 Å². The van der Waals surface area contributed by atoms with Crippen LogP contribution in [0.3, 0.4) is 0 Å². The number of hydrogen-bond acceptors (Lipinski definition) is 3. The monoisotopic (exact) mass is 301 g/mol. The van der Waals surface area contributed by atoms with Crippen LogP contribution in [-0.4, -0.2) is 48.4 Å². The van der Waals surface area contributed by atoms with E-state index in [0.717, 1.165) is 38.3 Å². The van der Waals surface area contributed by atoms with Crippen molar-refractivity contribution in [3.8, 4) is 0 Å². The van der Waals surface area contributed by atoms with E-state index in [0.29, 0.717) is 16.6 Å². The van der Waals surface area contributed by atoms with Gasteiger partial charge in [0.25, 0.3) is 0 Å². The molecule has 0 radical (unpaired) electrons. The first-order chi connectivity index (χ1) is 9.04. The summed E-state index contributed by atoms with van der Waals surface area (Å²) in [5.74, 6) is -0.269. The average molecular weight is 302 g/mol. The molecule has 0 atom stereocenters. The maximum absolute atomic E-state index is 10.9. The van der Waals surface area contributed by atoms with Gasteiger partial charge in [-0.2, -0.15) is 0 Å². The zero-order valence-corrected chi connectivity index (χ0v) is 12.1. The number of rotatable bonds is 4. The van der Waals surface area contributed by atoms with Crippen LogP contribution in [0.5, 0.6) is 0 Å². The fraction of sp³-hybridized carbons (Fsp3) is 0.462. The number of hydrogen-bond donors (Lipinski definition) is 1. The molecule has 1 aliphatic heterocycles. The summed E-state index contributed by atoms with van der Waals surface area (Å²) in [6, 6.07) is 5.58. The van der Waals surface area contributed by atoms with E-state index in [1.165, 1.54) is 0 Å². The van der Waals surface area contributed by atoms with Crippen molar-refractivity contribution < 1.29 is 4.79 Å². The van der Waals surface area contributed by atoms with E-state index in [2.05, 4.69) is 9.80 Å². The summed E-state index contributed by atoms with van der Waals surface area (Å²) in [5, 5.41) is 1.35. The molecule has 0 saturated carbocycles. The molecule has 104 valence electrons. The van der Waals surface area contributed by atoms with Crippen LogP contribution in [0.2, 0.25) is 10.0 Å². The van der Waals surface area contributed by atoms with Gasteiger partial charge in [-0.3, -0.25) is 14.6 Å². The van der Waals surface area contributed by atoms with E-state index >= 15 is 0 Å². The predicted octanol–water partition coefficient (Wildman–Crippen LogP) is 1.60. The Kier molecular flexibility index (Phi) is 5.05. The molecular formula is C13H17Cl2N3O. The van der Waals surface area contributed by atoms with Crippen LogP contribution in [0.25, 0.3) is 0 Å². The topological polar surface area (TPSA) is 49.6 Å². The van der Waals surface area contributed by atoms with Gasteiger partial charge in [0.05, 0.1) is 6.54 Å². The fourth-order valence-corrected chi connectivity index (χ4v) is 2.68. The Balaban J connectivity index is 1.87. The number of amides is 1. The van der Waals surface area contributed by atoms with Crippen molar-refractivity contribution in [2.24, 2.45) is 5.73 Å². The largest absolute Gasteiger partial charge is 0.369 e. The summed E-state index contributed by atoms with van der Waals surface area (Å²) in [5.41, 5.74) is 6.27. The molecule has 1 aromatic carbocycles. The summed E-state index contributed by atoms with van der Waals surface area (Å²) in [7, 11) is 0. The molecule has 19 heavy (non-hydrogen) atoms. The highest BCUT2D eigenvalue weighted by Gasteiger charge is 2.18. The lowest BCUT2D eigenvalue weighted by Gasteiger charge is -2.34. The number of piperazine rings is 1. The molecule has 1 fully saturated rings.